The van der Waals surface area contributed by atoms with E-state index in [-0.39, 0.29) is 0 Å². The van der Waals surface area contributed by atoms with Crippen molar-refractivity contribution in [3.8, 4) is 0 Å². The van der Waals surface area contributed by atoms with Gasteiger partial charge in [-0.3, -0.25) is 20.0 Å². The highest BCUT2D eigenvalue weighted by molar-refractivity contribution is 5.80. The standard InChI is InChI=1S/C15H17N3O4/c1-9-12(10(2)17-16-9)13(15(19)22-3)14(18(20)21)11-7-5-4-6-8-11/h4-8,13-14H,1-3H3,(H,16,17). The molecule has 0 aliphatic rings. The first-order valence-corrected chi connectivity index (χ1v) is 6.75. The molecule has 0 spiro atoms. The number of hydrogen-bond acceptors (Lipinski definition) is 5. The molecule has 0 saturated heterocycles. The van der Waals surface area contributed by atoms with Crippen LogP contribution in [0.25, 0.3) is 0 Å². The van der Waals surface area contributed by atoms with Crippen molar-refractivity contribution in [2.24, 2.45) is 0 Å². The van der Waals surface area contributed by atoms with Gasteiger partial charge >= 0.3 is 5.97 Å². The van der Waals surface area contributed by atoms with Crippen molar-refractivity contribution in [3.05, 3.63) is 63.0 Å². The van der Waals surface area contributed by atoms with E-state index in [2.05, 4.69) is 10.2 Å². The van der Waals surface area contributed by atoms with Crippen LogP contribution in [0.1, 0.15) is 34.5 Å². The fourth-order valence-electron chi connectivity index (χ4n) is 2.64. The second kappa shape index (κ2) is 6.38. The van der Waals surface area contributed by atoms with Crippen LogP contribution in [0, 0.1) is 24.0 Å². The van der Waals surface area contributed by atoms with Gasteiger partial charge in [0.2, 0.25) is 0 Å². The normalized spacial score (nSPS) is 13.4. The van der Waals surface area contributed by atoms with Gasteiger partial charge < -0.3 is 4.74 Å². The molecule has 0 amide bonds. The molecule has 2 rings (SSSR count). The molecule has 0 aliphatic heterocycles. The fraction of sp³-hybridized carbons (Fsp3) is 0.333. The summed E-state index contributed by atoms with van der Waals surface area (Å²) >= 11 is 0. The van der Waals surface area contributed by atoms with E-state index >= 15 is 0 Å². The number of aromatic nitrogens is 2. The van der Waals surface area contributed by atoms with Crippen LogP contribution < -0.4 is 0 Å². The van der Waals surface area contributed by atoms with Crippen LogP contribution in [0.5, 0.6) is 0 Å². The molecule has 2 aromatic rings. The van der Waals surface area contributed by atoms with Crippen LogP contribution in [0.2, 0.25) is 0 Å². The fourth-order valence-corrected chi connectivity index (χ4v) is 2.64. The molecule has 0 radical (unpaired) electrons. The molecule has 7 heteroatoms. The first-order chi connectivity index (χ1) is 10.5. The zero-order valence-electron chi connectivity index (χ0n) is 12.6. The van der Waals surface area contributed by atoms with Gasteiger partial charge in [-0.25, -0.2) is 0 Å². The summed E-state index contributed by atoms with van der Waals surface area (Å²) in [5, 5.41) is 18.4. The number of nitrogens with one attached hydrogen (secondary N) is 1. The summed E-state index contributed by atoms with van der Waals surface area (Å²) in [6.45, 7) is 3.43. The van der Waals surface area contributed by atoms with Crippen molar-refractivity contribution in [1.82, 2.24) is 10.2 Å². The second-order valence-corrected chi connectivity index (χ2v) is 4.99. The zero-order chi connectivity index (χ0) is 16.3. The second-order valence-electron chi connectivity index (χ2n) is 4.99. The Kier molecular flexibility index (Phi) is 4.55. The monoisotopic (exact) mass is 303 g/mol. The van der Waals surface area contributed by atoms with Gasteiger partial charge in [0.15, 0.2) is 5.92 Å². The topological polar surface area (TPSA) is 98.1 Å². The van der Waals surface area contributed by atoms with Crippen LogP contribution in [0.15, 0.2) is 30.3 Å². The van der Waals surface area contributed by atoms with Gasteiger partial charge in [0.05, 0.1) is 12.8 Å². The molecule has 0 fully saturated rings. The Bertz CT molecular complexity index is 662. The summed E-state index contributed by atoms with van der Waals surface area (Å²) < 4.78 is 4.81. The number of esters is 1. The smallest absolute Gasteiger partial charge is 0.320 e. The van der Waals surface area contributed by atoms with Crippen molar-refractivity contribution in [2.75, 3.05) is 7.11 Å². The van der Waals surface area contributed by atoms with E-state index in [4.69, 9.17) is 4.74 Å². The maximum atomic E-state index is 12.3. The number of H-pyrrole nitrogens is 1. The first kappa shape index (κ1) is 15.7. The van der Waals surface area contributed by atoms with Gasteiger partial charge in [0.25, 0.3) is 6.04 Å². The SMILES string of the molecule is COC(=O)C(c1c(C)n[nH]c1C)C(c1ccccc1)[N+](=O)[O-]. The molecule has 1 N–H and O–H groups in total. The van der Waals surface area contributed by atoms with Gasteiger partial charge in [0, 0.05) is 21.7 Å². The summed E-state index contributed by atoms with van der Waals surface area (Å²) in [6, 6.07) is 7.21. The van der Waals surface area contributed by atoms with E-state index in [1.807, 2.05) is 0 Å². The number of aryl methyl sites for hydroxylation is 2. The number of nitrogens with zero attached hydrogens (tertiary/aromatic N) is 2. The molecule has 0 bridgehead atoms. The van der Waals surface area contributed by atoms with Crippen molar-refractivity contribution >= 4 is 5.97 Å². The molecule has 116 valence electrons. The summed E-state index contributed by atoms with van der Waals surface area (Å²) in [5.41, 5.74) is 2.13. The number of methoxy groups -OCH3 is 1. The number of nitro groups is 1. The Labute approximate surface area is 127 Å². The van der Waals surface area contributed by atoms with E-state index < -0.39 is 22.9 Å². The Morgan fingerprint density at radius 3 is 2.41 bits per heavy atom. The van der Waals surface area contributed by atoms with E-state index in [1.165, 1.54) is 7.11 Å². The van der Waals surface area contributed by atoms with E-state index in [9.17, 15) is 14.9 Å². The highest BCUT2D eigenvalue weighted by atomic mass is 16.6. The number of aromatic amines is 1. The minimum Gasteiger partial charge on any atom is -0.468 e. The minimum absolute atomic E-state index is 0.447. The molecule has 2 atom stereocenters. The number of carbonyl (C=O) groups is 1. The summed E-state index contributed by atoms with van der Waals surface area (Å²) in [7, 11) is 1.22. The Balaban J connectivity index is 2.61. The van der Waals surface area contributed by atoms with Gasteiger partial charge in [0.1, 0.15) is 0 Å². The molecule has 7 nitrogen and oxygen atoms in total. The minimum atomic E-state index is -1.23. The van der Waals surface area contributed by atoms with E-state index in [1.54, 1.807) is 44.2 Å². The Morgan fingerprint density at radius 2 is 1.95 bits per heavy atom. The maximum Gasteiger partial charge on any atom is 0.320 e. The molecule has 22 heavy (non-hydrogen) atoms. The summed E-state index contributed by atoms with van der Waals surface area (Å²) in [4.78, 5) is 23.5. The lowest BCUT2D eigenvalue weighted by molar-refractivity contribution is -0.531. The lowest BCUT2D eigenvalue weighted by Gasteiger charge is -2.19. The van der Waals surface area contributed by atoms with Crippen molar-refractivity contribution < 1.29 is 14.5 Å². The third kappa shape index (κ3) is 2.83. The molecule has 1 aromatic heterocycles. The summed E-state index contributed by atoms with van der Waals surface area (Å²) in [5.74, 6) is -1.71. The van der Waals surface area contributed by atoms with Crippen molar-refractivity contribution in [3.63, 3.8) is 0 Å². The van der Waals surface area contributed by atoms with E-state index in [0.717, 1.165) is 0 Å². The van der Waals surface area contributed by atoms with Gasteiger partial charge in [-0.2, -0.15) is 5.10 Å². The van der Waals surface area contributed by atoms with Crippen molar-refractivity contribution in [2.45, 2.75) is 25.8 Å². The van der Waals surface area contributed by atoms with Crippen molar-refractivity contribution in [1.29, 1.82) is 0 Å². The number of benzene rings is 1. The molecule has 0 saturated carbocycles. The zero-order valence-corrected chi connectivity index (χ0v) is 12.6. The van der Waals surface area contributed by atoms with Crippen LogP contribution >= 0.6 is 0 Å². The average molecular weight is 303 g/mol. The Morgan fingerprint density at radius 1 is 1.32 bits per heavy atom. The van der Waals surface area contributed by atoms with Crippen LogP contribution in [-0.2, 0) is 9.53 Å². The first-order valence-electron chi connectivity index (χ1n) is 6.75. The largest absolute Gasteiger partial charge is 0.468 e. The molecule has 0 aliphatic carbocycles. The lowest BCUT2D eigenvalue weighted by Crippen LogP contribution is -2.28. The van der Waals surface area contributed by atoms with Gasteiger partial charge in [-0.1, -0.05) is 30.3 Å². The molecular weight excluding hydrogens is 286 g/mol. The number of ether oxygens (including phenoxy) is 1. The van der Waals surface area contributed by atoms with Crippen LogP contribution in [0.4, 0.5) is 0 Å². The Hall–Kier alpha value is -2.70. The van der Waals surface area contributed by atoms with Crippen LogP contribution in [-0.4, -0.2) is 28.2 Å². The molecule has 1 aromatic carbocycles. The number of rotatable bonds is 5. The third-order valence-electron chi connectivity index (χ3n) is 3.64. The van der Waals surface area contributed by atoms with E-state index in [0.29, 0.717) is 22.5 Å². The molecule has 1 heterocycles. The average Bonchev–Trinajstić information content (AvgIpc) is 2.83. The quantitative estimate of drug-likeness (QED) is 0.519. The third-order valence-corrected chi connectivity index (χ3v) is 3.64. The van der Waals surface area contributed by atoms with Gasteiger partial charge in [-0.15, -0.1) is 0 Å². The molecular formula is C15H17N3O4. The predicted molar refractivity (Wildman–Crippen MR) is 79.0 cm³/mol. The maximum absolute atomic E-state index is 12.3. The van der Waals surface area contributed by atoms with Gasteiger partial charge in [-0.05, 0) is 13.8 Å². The predicted octanol–water partition coefficient (Wildman–Crippen LogP) is 2.30. The number of carbonyl (C=O) groups excluding carboxylic acids is 1. The molecule has 2 unspecified atom stereocenters. The highest BCUT2D eigenvalue weighted by Gasteiger charge is 2.43. The summed E-state index contributed by atoms with van der Waals surface area (Å²) in [6.07, 6.45) is 0. The highest BCUT2D eigenvalue weighted by Crippen LogP contribution is 2.37. The number of hydrogen-bond donors (Lipinski definition) is 1. The van der Waals surface area contributed by atoms with Crippen LogP contribution in [0.3, 0.4) is 0 Å². The lowest BCUT2D eigenvalue weighted by atomic mass is 9.86.